The molecule has 0 spiro atoms. The van der Waals surface area contributed by atoms with Gasteiger partial charge in [-0.15, -0.1) is 12.4 Å². The van der Waals surface area contributed by atoms with E-state index >= 15 is 0 Å². The van der Waals surface area contributed by atoms with E-state index < -0.39 is 0 Å². The summed E-state index contributed by atoms with van der Waals surface area (Å²) in [7, 11) is 0. The quantitative estimate of drug-likeness (QED) is 0.741. The molecule has 2 aromatic rings. The summed E-state index contributed by atoms with van der Waals surface area (Å²) in [4.78, 5) is 12.2. The molecule has 0 unspecified atom stereocenters. The van der Waals surface area contributed by atoms with E-state index in [-0.39, 0.29) is 23.9 Å². The molecule has 5 nitrogen and oxygen atoms in total. The van der Waals surface area contributed by atoms with Crippen molar-refractivity contribution in [1.29, 1.82) is 0 Å². The topological polar surface area (TPSA) is 83.8 Å². The number of nitrogens with two attached hydrogens (primary N) is 1. The molecule has 0 atom stereocenters. The Kier molecular flexibility index (Phi) is 7.06. The number of nitrogens with zero attached hydrogens (tertiary/aromatic N) is 1. The van der Waals surface area contributed by atoms with Crippen LogP contribution in [0, 0.1) is 0 Å². The second-order valence-electron chi connectivity index (χ2n) is 5.40. The maximum Gasteiger partial charge on any atom is 0.269 e. The van der Waals surface area contributed by atoms with E-state index in [1.807, 2.05) is 32.0 Å². The molecule has 0 aliphatic rings. The predicted molar refractivity (Wildman–Crippen MR) is 96.1 cm³/mol. The van der Waals surface area contributed by atoms with Crippen molar-refractivity contribution in [3.05, 3.63) is 41.0 Å². The van der Waals surface area contributed by atoms with E-state index in [2.05, 4.69) is 15.5 Å². The Bertz CT molecular complexity index is 653. The molecule has 0 saturated carbocycles. The van der Waals surface area contributed by atoms with Crippen LogP contribution in [0.5, 0.6) is 0 Å². The highest BCUT2D eigenvalue weighted by Crippen LogP contribution is 2.26. The van der Waals surface area contributed by atoms with Crippen molar-refractivity contribution in [2.75, 3.05) is 6.54 Å². The summed E-state index contributed by atoms with van der Waals surface area (Å²) >= 11 is 6.14. The van der Waals surface area contributed by atoms with Crippen LogP contribution in [0.1, 0.15) is 37.2 Å². The van der Waals surface area contributed by atoms with Crippen molar-refractivity contribution >= 4 is 29.9 Å². The minimum absolute atomic E-state index is 0. The first-order chi connectivity index (χ1) is 10.5. The number of amides is 1. The van der Waals surface area contributed by atoms with E-state index in [0.29, 0.717) is 23.0 Å². The van der Waals surface area contributed by atoms with Crippen LogP contribution in [0.4, 0.5) is 0 Å². The number of hydrogen-bond acceptors (Lipinski definition) is 3. The average Bonchev–Trinajstić information content (AvgIpc) is 3.02. The minimum atomic E-state index is -0.374. The molecule has 1 heterocycles. The molecule has 0 aliphatic carbocycles. The van der Waals surface area contributed by atoms with Crippen molar-refractivity contribution in [3.63, 3.8) is 0 Å². The number of benzene rings is 1. The second kappa shape index (κ2) is 8.34. The van der Waals surface area contributed by atoms with E-state index in [0.717, 1.165) is 18.4 Å². The SMILES string of the molecule is CCC(N)(CC)CNC(=O)c1cc(-c2ccccc2Cl)n[nH]1.Cl. The Morgan fingerprint density at radius 1 is 1.35 bits per heavy atom. The van der Waals surface area contributed by atoms with Crippen LogP contribution in [0.2, 0.25) is 5.02 Å². The molecule has 4 N–H and O–H groups in total. The number of H-pyrrole nitrogens is 1. The van der Waals surface area contributed by atoms with Crippen LogP contribution in [0.3, 0.4) is 0 Å². The molecular weight excluding hydrogens is 335 g/mol. The lowest BCUT2D eigenvalue weighted by molar-refractivity contribution is 0.0937. The second-order valence-corrected chi connectivity index (χ2v) is 5.81. The molecule has 2 rings (SSSR count). The number of aromatic amines is 1. The van der Waals surface area contributed by atoms with E-state index in [4.69, 9.17) is 17.3 Å². The van der Waals surface area contributed by atoms with Gasteiger partial charge in [0.25, 0.3) is 5.91 Å². The van der Waals surface area contributed by atoms with Gasteiger partial charge in [-0.25, -0.2) is 0 Å². The summed E-state index contributed by atoms with van der Waals surface area (Å²) in [5.74, 6) is -0.220. The summed E-state index contributed by atoms with van der Waals surface area (Å²) in [6.45, 7) is 4.46. The van der Waals surface area contributed by atoms with Gasteiger partial charge >= 0.3 is 0 Å². The molecule has 1 aromatic carbocycles. The van der Waals surface area contributed by atoms with Gasteiger partial charge in [0, 0.05) is 17.6 Å². The Hall–Kier alpha value is -1.56. The Morgan fingerprint density at radius 2 is 2.00 bits per heavy atom. The highest BCUT2D eigenvalue weighted by Gasteiger charge is 2.22. The normalized spacial score (nSPS) is 11.0. The Balaban J connectivity index is 0.00000264. The summed E-state index contributed by atoms with van der Waals surface area (Å²) in [6, 6.07) is 9.06. The van der Waals surface area contributed by atoms with E-state index in [9.17, 15) is 4.79 Å². The standard InChI is InChI=1S/C16H21ClN4O.ClH/c1-3-16(18,4-2)10-19-15(22)14-9-13(20-21-14)11-7-5-6-8-12(11)17;/h5-9H,3-4,10,18H2,1-2H3,(H,19,22)(H,20,21);1H. The summed E-state index contributed by atoms with van der Waals surface area (Å²) in [5.41, 5.74) is 7.63. The fourth-order valence-electron chi connectivity index (χ4n) is 2.10. The van der Waals surface area contributed by atoms with Crippen LogP contribution < -0.4 is 11.1 Å². The third kappa shape index (κ3) is 4.70. The van der Waals surface area contributed by atoms with Crippen molar-refractivity contribution in [1.82, 2.24) is 15.5 Å². The van der Waals surface area contributed by atoms with Gasteiger partial charge in [0.15, 0.2) is 0 Å². The predicted octanol–water partition coefficient (Wildman–Crippen LogP) is 3.40. The van der Waals surface area contributed by atoms with Crippen molar-refractivity contribution in [2.45, 2.75) is 32.2 Å². The molecule has 23 heavy (non-hydrogen) atoms. The molecule has 0 bridgehead atoms. The number of rotatable bonds is 6. The lowest BCUT2D eigenvalue weighted by Crippen LogP contribution is -2.49. The molecule has 126 valence electrons. The van der Waals surface area contributed by atoms with Crippen LogP contribution in [0.15, 0.2) is 30.3 Å². The number of nitrogens with one attached hydrogen (secondary N) is 2. The minimum Gasteiger partial charge on any atom is -0.349 e. The first-order valence-electron chi connectivity index (χ1n) is 7.36. The molecule has 0 aliphatic heterocycles. The van der Waals surface area contributed by atoms with Gasteiger partial charge in [0.1, 0.15) is 5.69 Å². The van der Waals surface area contributed by atoms with Gasteiger partial charge in [-0.05, 0) is 25.0 Å². The van der Waals surface area contributed by atoms with E-state index in [1.165, 1.54) is 0 Å². The zero-order valence-electron chi connectivity index (χ0n) is 13.2. The van der Waals surface area contributed by atoms with Gasteiger partial charge in [-0.3, -0.25) is 9.89 Å². The van der Waals surface area contributed by atoms with Gasteiger partial charge in [-0.1, -0.05) is 43.6 Å². The number of carbonyl (C=O) groups is 1. The zero-order chi connectivity index (χ0) is 16.2. The molecule has 1 amide bonds. The summed E-state index contributed by atoms with van der Waals surface area (Å²) < 4.78 is 0. The monoisotopic (exact) mass is 356 g/mol. The number of hydrogen-bond donors (Lipinski definition) is 3. The van der Waals surface area contributed by atoms with Gasteiger partial charge in [0.05, 0.1) is 10.7 Å². The van der Waals surface area contributed by atoms with Crippen LogP contribution in [0.25, 0.3) is 11.3 Å². The first kappa shape index (κ1) is 19.5. The lowest BCUT2D eigenvalue weighted by atomic mass is 9.94. The zero-order valence-corrected chi connectivity index (χ0v) is 14.8. The maximum atomic E-state index is 12.2. The fraction of sp³-hybridized carbons (Fsp3) is 0.375. The maximum absolute atomic E-state index is 12.2. The Morgan fingerprint density at radius 3 is 2.61 bits per heavy atom. The van der Waals surface area contributed by atoms with Gasteiger partial charge in [0.2, 0.25) is 0 Å². The van der Waals surface area contributed by atoms with Crippen molar-refractivity contribution in [2.24, 2.45) is 5.73 Å². The molecule has 7 heteroatoms. The van der Waals surface area contributed by atoms with Gasteiger partial charge < -0.3 is 11.1 Å². The molecule has 0 fully saturated rings. The van der Waals surface area contributed by atoms with Crippen LogP contribution in [-0.2, 0) is 0 Å². The number of aromatic nitrogens is 2. The summed E-state index contributed by atoms with van der Waals surface area (Å²) in [6.07, 6.45) is 1.61. The largest absolute Gasteiger partial charge is 0.349 e. The molecule has 0 radical (unpaired) electrons. The fourth-order valence-corrected chi connectivity index (χ4v) is 2.33. The van der Waals surface area contributed by atoms with Crippen LogP contribution >= 0.6 is 24.0 Å². The number of halogens is 2. The first-order valence-corrected chi connectivity index (χ1v) is 7.74. The third-order valence-corrected chi connectivity index (χ3v) is 4.31. The highest BCUT2D eigenvalue weighted by molar-refractivity contribution is 6.33. The van der Waals surface area contributed by atoms with Crippen molar-refractivity contribution < 1.29 is 4.79 Å². The molecule has 0 saturated heterocycles. The average molecular weight is 357 g/mol. The van der Waals surface area contributed by atoms with E-state index in [1.54, 1.807) is 12.1 Å². The molecule has 1 aromatic heterocycles. The third-order valence-electron chi connectivity index (χ3n) is 3.98. The molecular formula is C16H22Cl2N4O. The smallest absolute Gasteiger partial charge is 0.269 e. The van der Waals surface area contributed by atoms with Crippen molar-refractivity contribution in [3.8, 4) is 11.3 Å². The number of carbonyl (C=O) groups excluding carboxylic acids is 1. The van der Waals surface area contributed by atoms with Crippen LogP contribution in [-0.4, -0.2) is 28.2 Å². The summed E-state index contributed by atoms with van der Waals surface area (Å²) in [5, 5.41) is 10.3. The van der Waals surface area contributed by atoms with Gasteiger partial charge in [-0.2, -0.15) is 5.10 Å². The highest BCUT2D eigenvalue weighted by atomic mass is 35.5. The Labute approximate surface area is 147 Å². The lowest BCUT2D eigenvalue weighted by Gasteiger charge is -2.26.